The molecule has 32 heavy (non-hydrogen) atoms. The number of para-hydroxylation sites is 1. The van der Waals surface area contributed by atoms with Crippen molar-refractivity contribution in [3.8, 4) is 28.7 Å². The van der Waals surface area contributed by atoms with Crippen molar-refractivity contribution in [1.82, 2.24) is 0 Å². The van der Waals surface area contributed by atoms with Crippen LogP contribution < -0.4 is 24.4 Å². The zero-order valence-corrected chi connectivity index (χ0v) is 17.3. The van der Waals surface area contributed by atoms with E-state index in [9.17, 15) is 15.0 Å². The third-order valence-corrected chi connectivity index (χ3v) is 5.47. The van der Waals surface area contributed by atoms with Gasteiger partial charge in [-0.1, -0.05) is 12.1 Å². The number of benzene rings is 3. The summed E-state index contributed by atoms with van der Waals surface area (Å²) in [5.74, 6) is 1.09. The molecule has 0 unspecified atom stereocenters. The Labute approximate surface area is 182 Å². The molecule has 0 saturated carbocycles. The van der Waals surface area contributed by atoms with Crippen molar-refractivity contribution in [2.75, 3.05) is 20.8 Å². The topological polar surface area (TPSA) is 108 Å². The maximum atomic E-state index is 13.1. The maximum Gasteiger partial charge on any atom is 0.209 e. The largest absolute Gasteiger partial charge is 0.508 e. The van der Waals surface area contributed by atoms with E-state index in [1.165, 1.54) is 26.4 Å². The van der Waals surface area contributed by atoms with Crippen molar-refractivity contribution in [3.05, 3.63) is 64.3 Å². The number of aliphatic hydroxyl groups is 1. The van der Waals surface area contributed by atoms with E-state index in [2.05, 4.69) is 0 Å². The molecule has 0 aliphatic carbocycles. The van der Waals surface area contributed by atoms with Gasteiger partial charge in [-0.05, 0) is 30.3 Å². The molecule has 164 valence electrons. The van der Waals surface area contributed by atoms with E-state index in [4.69, 9.17) is 23.4 Å². The van der Waals surface area contributed by atoms with Gasteiger partial charge in [-0.15, -0.1) is 0 Å². The van der Waals surface area contributed by atoms with E-state index in [0.29, 0.717) is 22.3 Å². The Morgan fingerprint density at radius 3 is 2.53 bits per heavy atom. The van der Waals surface area contributed by atoms with Crippen LogP contribution in [0.25, 0.3) is 21.9 Å². The average molecular weight is 436 g/mol. The first-order chi connectivity index (χ1) is 15.5. The second-order valence-corrected chi connectivity index (χ2v) is 7.38. The molecule has 8 nitrogen and oxygen atoms in total. The van der Waals surface area contributed by atoms with Gasteiger partial charge in [-0.2, -0.15) is 0 Å². The normalized spacial score (nSPS) is 17.5. The molecule has 2 atom stereocenters. The molecular formula is C24H20O8. The lowest BCUT2D eigenvalue weighted by atomic mass is 10.0. The molecule has 4 aromatic rings. The summed E-state index contributed by atoms with van der Waals surface area (Å²) in [4.78, 5) is 13.1. The number of aromatic hydroxyl groups is 1. The van der Waals surface area contributed by atoms with Crippen molar-refractivity contribution in [1.29, 1.82) is 0 Å². The van der Waals surface area contributed by atoms with Gasteiger partial charge in [0.2, 0.25) is 16.9 Å². The van der Waals surface area contributed by atoms with Gasteiger partial charge in [-0.3, -0.25) is 4.79 Å². The number of methoxy groups -OCH3 is 2. The SMILES string of the molecule is COc1cc(O)cc([C@@H]2Oc3c(OC)cc4c(=O)c5ccccc5oc4c3O[C@H]2CO)c1. The Bertz CT molecular complexity index is 1390. The third kappa shape index (κ3) is 3.07. The number of ether oxygens (including phenoxy) is 4. The van der Waals surface area contributed by atoms with Crippen molar-refractivity contribution < 1.29 is 33.6 Å². The fourth-order valence-electron chi connectivity index (χ4n) is 3.96. The van der Waals surface area contributed by atoms with Crippen LogP contribution in [0.5, 0.6) is 28.7 Å². The highest BCUT2D eigenvalue weighted by Crippen LogP contribution is 2.50. The lowest BCUT2D eigenvalue weighted by molar-refractivity contribution is -0.0134. The lowest BCUT2D eigenvalue weighted by Gasteiger charge is -2.34. The van der Waals surface area contributed by atoms with E-state index in [-0.39, 0.29) is 39.4 Å². The number of hydrogen-bond acceptors (Lipinski definition) is 8. The molecule has 8 heteroatoms. The Hall–Kier alpha value is -3.91. The van der Waals surface area contributed by atoms with Gasteiger partial charge in [0.1, 0.15) is 17.1 Å². The van der Waals surface area contributed by atoms with Crippen LogP contribution in [0.1, 0.15) is 11.7 Å². The summed E-state index contributed by atoms with van der Waals surface area (Å²) in [7, 11) is 2.94. The van der Waals surface area contributed by atoms with Crippen LogP contribution in [0.2, 0.25) is 0 Å². The number of aliphatic hydroxyl groups excluding tert-OH is 1. The first-order valence-electron chi connectivity index (χ1n) is 9.92. The number of phenolic OH excluding ortho intramolecular Hbond substituents is 1. The molecule has 5 rings (SSSR count). The van der Waals surface area contributed by atoms with Gasteiger partial charge >= 0.3 is 0 Å². The Morgan fingerprint density at radius 2 is 1.78 bits per heavy atom. The molecule has 3 aromatic carbocycles. The highest BCUT2D eigenvalue weighted by Gasteiger charge is 2.37. The number of phenols is 1. The molecule has 1 aromatic heterocycles. The van der Waals surface area contributed by atoms with Crippen LogP contribution in [0, 0.1) is 0 Å². The van der Waals surface area contributed by atoms with Crippen LogP contribution in [-0.4, -0.2) is 37.1 Å². The standard InChI is InChI=1S/C24H20O8/c1-28-14-8-12(7-13(26)9-14)21-19(11-25)31-24-22-16(10-18(29-2)23(24)32-21)20(27)15-5-3-4-6-17(15)30-22/h3-10,19,21,25-26H,11H2,1-2H3/t19-,21-/m0/s1. The predicted molar refractivity (Wildman–Crippen MR) is 116 cm³/mol. The predicted octanol–water partition coefficient (Wildman–Crippen LogP) is 3.54. The third-order valence-electron chi connectivity index (χ3n) is 5.47. The zero-order chi connectivity index (χ0) is 22.4. The number of rotatable bonds is 4. The number of fused-ring (bicyclic) bond motifs is 4. The van der Waals surface area contributed by atoms with Crippen molar-refractivity contribution in [3.63, 3.8) is 0 Å². The van der Waals surface area contributed by atoms with E-state index < -0.39 is 18.8 Å². The quantitative estimate of drug-likeness (QED) is 0.468. The lowest BCUT2D eigenvalue weighted by Crippen LogP contribution is -2.36. The monoisotopic (exact) mass is 436 g/mol. The fourth-order valence-corrected chi connectivity index (χ4v) is 3.96. The smallest absolute Gasteiger partial charge is 0.209 e. The summed E-state index contributed by atoms with van der Waals surface area (Å²) >= 11 is 0. The molecule has 1 aliphatic rings. The Balaban J connectivity index is 1.73. The fraction of sp³-hybridized carbons (Fsp3) is 0.208. The molecule has 0 amide bonds. The molecule has 0 spiro atoms. The van der Waals surface area contributed by atoms with E-state index in [0.717, 1.165) is 0 Å². The first kappa shape index (κ1) is 20.0. The van der Waals surface area contributed by atoms with E-state index >= 15 is 0 Å². The molecule has 0 radical (unpaired) electrons. The molecule has 2 N–H and O–H groups in total. The van der Waals surface area contributed by atoms with Gasteiger partial charge in [0.15, 0.2) is 23.5 Å². The Morgan fingerprint density at radius 1 is 0.969 bits per heavy atom. The molecule has 0 fully saturated rings. The van der Waals surface area contributed by atoms with Gasteiger partial charge in [0.05, 0.1) is 31.6 Å². The van der Waals surface area contributed by atoms with E-state index in [1.807, 2.05) is 0 Å². The van der Waals surface area contributed by atoms with Crippen LogP contribution in [0.3, 0.4) is 0 Å². The summed E-state index contributed by atoms with van der Waals surface area (Å²) in [6.45, 7) is -0.390. The van der Waals surface area contributed by atoms with Gasteiger partial charge in [0, 0.05) is 11.6 Å². The minimum Gasteiger partial charge on any atom is -0.508 e. The van der Waals surface area contributed by atoms with Crippen LogP contribution in [-0.2, 0) is 0 Å². The summed E-state index contributed by atoms with van der Waals surface area (Å²) in [6.07, 6.45) is -1.63. The summed E-state index contributed by atoms with van der Waals surface area (Å²) < 4.78 is 29.1. The van der Waals surface area contributed by atoms with Gasteiger partial charge < -0.3 is 33.6 Å². The molecular weight excluding hydrogens is 416 g/mol. The molecule has 0 bridgehead atoms. The average Bonchev–Trinajstić information content (AvgIpc) is 2.82. The van der Waals surface area contributed by atoms with Crippen LogP contribution >= 0.6 is 0 Å². The van der Waals surface area contributed by atoms with Gasteiger partial charge in [0.25, 0.3) is 0 Å². The summed E-state index contributed by atoms with van der Waals surface area (Å²) in [5, 5.41) is 20.8. The van der Waals surface area contributed by atoms with Gasteiger partial charge in [-0.25, -0.2) is 0 Å². The highest BCUT2D eigenvalue weighted by atomic mass is 16.6. The van der Waals surface area contributed by atoms with Crippen molar-refractivity contribution >= 4 is 21.9 Å². The molecule has 0 saturated heterocycles. The second-order valence-electron chi connectivity index (χ2n) is 7.38. The second kappa shape index (κ2) is 7.65. The van der Waals surface area contributed by atoms with E-state index in [1.54, 1.807) is 36.4 Å². The maximum absolute atomic E-state index is 13.1. The highest BCUT2D eigenvalue weighted by molar-refractivity contribution is 5.95. The Kier molecular flexibility index (Phi) is 4.79. The summed E-state index contributed by atoms with van der Waals surface area (Å²) in [6, 6.07) is 13.1. The van der Waals surface area contributed by atoms with Crippen LogP contribution in [0.15, 0.2) is 57.7 Å². The zero-order valence-electron chi connectivity index (χ0n) is 17.3. The van der Waals surface area contributed by atoms with Crippen LogP contribution in [0.4, 0.5) is 0 Å². The van der Waals surface area contributed by atoms with Crippen molar-refractivity contribution in [2.45, 2.75) is 12.2 Å². The minimum absolute atomic E-state index is 0.0200. The first-order valence-corrected chi connectivity index (χ1v) is 9.92. The summed E-state index contributed by atoms with van der Waals surface area (Å²) in [5.41, 5.74) is 0.914. The minimum atomic E-state index is -0.846. The number of hydrogen-bond donors (Lipinski definition) is 2. The van der Waals surface area contributed by atoms with Crippen molar-refractivity contribution in [2.24, 2.45) is 0 Å². The molecule has 2 heterocycles. The molecule has 1 aliphatic heterocycles.